The summed E-state index contributed by atoms with van der Waals surface area (Å²) in [5.74, 6) is -1.09. The molecule has 1 unspecified atom stereocenters. The van der Waals surface area contributed by atoms with Crippen LogP contribution in [0.1, 0.15) is 39.5 Å². The summed E-state index contributed by atoms with van der Waals surface area (Å²) in [6.45, 7) is 6.13. The molecule has 7 heteroatoms. The molecule has 1 aliphatic heterocycles. The van der Waals surface area contributed by atoms with Gasteiger partial charge in [0, 0.05) is 31.9 Å². The Hall–Kier alpha value is -2.28. The molecule has 26 heavy (non-hydrogen) atoms. The molecule has 142 valence electrons. The number of hydrogen-bond donors (Lipinski definition) is 1. The zero-order valence-corrected chi connectivity index (χ0v) is 15.5. The van der Waals surface area contributed by atoms with Crippen molar-refractivity contribution < 1.29 is 19.1 Å². The maximum Gasteiger partial charge on any atom is 0.350 e. The van der Waals surface area contributed by atoms with Gasteiger partial charge in [-0.05, 0) is 25.8 Å². The van der Waals surface area contributed by atoms with Gasteiger partial charge in [-0.2, -0.15) is 4.99 Å². The fraction of sp³-hybridized carbons (Fsp3) is 0.579. The van der Waals surface area contributed by atoms with Crippen molar-refractivity contribution >= 4 is 23.6 Å². The van der Waals surface area contributed by atoms with Crippen LogP contribution in [0.4, 0.5) is 4.79 Å². The Morgan fingerprint density at radius 2 is 2.08 bits per heavy atom. The van der Waals surface area contributed by atoms with Crippen LogP contribution in [-0.4, -0.2) is 54.8 Å². The van der Waals surface area contributed by atoms with Gasteiger partial charge in [-0.1, -0.05) is 31.9 Å². The van der Waals surface area contributed by atoms with E-state index in [0.29, 0.717) is 37.6 Å². The molecular weight excluding hydrogens is 334 g/mol. The number of nitrogens with zero attached hydrogens (tertiary/aromatic N) is 2. The summed E-state index contributed by atoms with van der Waals surface area (Å²) in [6, 6.07) is -0.541. The van der Waals surface area contributed by atoms with Crippen LogP contribution in [0.2, 0.25) is 0 Å². The van der Waals surface area contributed by atoms with E-state index in [1.165, 1.54) is 11.0 Å². The van der Waals surface area contributed by atoms with Crippen LogP contribution < -0.4 is 5.32 Å². The lowest BCUT2D eigenvalue weighted by atomic mass is 9.91. The molecule has 0 aromatic rings. The van der Waals surface area contributed by atoms with Gasteiger partial charge in [0.2, 0.25) is 5.91 Å². The summed E-state index contributed by atoms with van der Waals surface area (Å²) in [5, 5.41) is 2.80. The van der Waals surface area contributed by atoms with E-state index >= 15 is 0 Å². The largest absolute Gasteiger partial charge is 0.382 e. The molecule has 0 spiro atoms. The highest BCUT2D eigenvalue weighted by molar-refractivity contribution is 6.23. The molecule has 0 aromatic heterocycles. The molecule has 2 rings (SSSR count). The highest BCUT2D eigenvalue weighted by atomic mass is 16.5. The lowest BCUT2D eigenvalue weighted by molar-refractivity contribution is -0.129. The minimum absolute atomic E-state index is 0.246. The van der Waals surface area contributed by atoms with Crippen LogP contribution in [0.3, 0.4) is 0 Å². The molecular formula is C19H27N3O4. The number of carbonyl (C=O) groups excluding carboxylic acids is 3. The van der Waals surface area contributed by atoms with Gasteiger partial charge in [-0.25, -0.2) is 4.79 Å². The number of fused-ring (bicyclic) bond motifs is 1. The first-order chi connectivity index (χ1) is 12.6. The third kappa shape index (κ3) is 5.11. The second-order valence-electron chi connectivity index (χ2n) is 6.26. The molecule has 1 N–H and O–H groups in total. The fourth-order valence-corrected chi connectivity index (χ4v) is 2.83. The minimum atomic E-state index is -0.580. The van der Waals surface area contributed by atoms with Gasteiger partial charge in [0.15, 0.2) is 0 Å². The Kier molecular flexibility index (Phi) is 7.72. The van der Waals surface area contributed by atoms with Gasteiger partial charge < -0.3 is 10.1 Å². The molecule has 0 saturated carbocycles. The average Bonchev–Trinajstić information content (AvgIpc) is 2.63. The van der Waals surface area contributed by atoms with E-state index in [1.807, 2.05) is 6.92 Å². The number of imide groups is 1. The quantitative estimate of drug-likeness (QED) is 0.605. The van der Waals surface area contributed by atoms with Crippen molar-refractivity contribution in [1.82, 2.24) is 10.2 Å². The van der Waals surface area contributed by atoms with Gasteiger partial charge in [0.25, 0.3) is 5.91 Å². The maximum absolute atomic E-state index is 12.5. The number of ether oxygens (including phenoxy) is 1. The molecule has 1 aliphatic carbocycles. The SMILES string of the molecule is CCCCCN1C(=O)N=C2C=C(C(=O)NCCCOCC)C=CC2C1=O. The molecule has 2 aliphatic rings. The van der Waals surface area contributed by atoms with Crippen molar-refractivity contribution in [3.05, 3.63) is 23.8 Å². The van der Waals surface area contributed by atoms with Crippen LogP contribution in [0, 0.1) is 5.92 Å². The van der Waals surface area contributed by atoms with E-state index in [2.05, 4.69) is 17.2 Å². The number of nitrogens with one attached hydrogen (secondary N) is 1. The normalized spacial score (nSPS) is 19.2. The number of urea groups is 1. The van der Waals surface area contributed by atoms with E-state index < -0.39 is 11.9 Å². The van der Waals surface area contributed by atoms with Gasteiger partial charge in [0.1, 0.15) is 0 Å². The van der Waals surface area contributed by atoms with E-state index in [1.54, 1.807) is 12.2 Å². The Morgan fingerprint density at radius 1 is 1.27 bits per heavy atom. The monoisotopic (exact) mass is 361 g/mol. The van der Waals surface area contributed by atoms with Crippen molar-refractivity contribution in [2.45, 2.75) is 39.5 Å². The van der Waals surface area contributed by atoms with Gasteiger partial charge in [0.05, 0.1) is 11.6 Å². The van der Waals surface area contributed by atoms with Crippen molar-refractivity contribution in [1.29, 1.82) is 0 Å². The number of amides is 4. The fourth-order valence-electron chi connectivity index (χ4n) is 2.83. The van der Waals surface area contributed by atoms with Gasteiger partial charge >= 0.3 is 6.03 Å². The van der Waals surface area contributed by atoms with Crippen molar-refractivity contribution in [2.75, 3.05) is 26.3 Å². The smallest absolute Gasteiger partial charge is 0.350 e. The molecule has 1 atom stereocenters. The van der Waals surface area contributed by atoms with Gasteiger partial charge in [-0.3, -0.25) is 14.5 Å². The molecule has 0 saturated heterocycles. The molecule has 0 radical (unpaired) electrons. The molecule has 1 heterocycles. The number of carbonyl (C=O) groups is 3. The number of unbranched alkanes of at least 4 members (excludes halogenated alkanes) is 2. The predicted octanol–water partition coefficient (Wildman–Crippen LogP) is 2.24. The van der Waals surface area contributed by atoms with E-state index in [0.717, 1.165) is 25.7 Å². The summed E-state index contributed by atoms with van der Waals surface area (Å²) in [6.07, 6.45) is 8.28. The Balaban J connectivity index is 1.97. The lowest BCUT2D eigenvalue weighted by Gasteiger charge is -2.29. The zero-order valence-electron chi connectivity index (χ0n) is 15.5. The summed E-state index contributed by atoms with van der Waals surface area (Å²) in [4.78, 5) is 42.1. The molecule has 0 aromatic carbocycles. The second kappa shape index (κ2) is 10.0. The van der Waals surface area contributed by atoms with E-state index in [4.69, 9.17) is 4.74 Å². The highest BCUT2D eigenvalue weighted by Crippen LogP contribution is 2.22. The first kappa shape index (κ1) is 20.0. The Labute approximate surface area is 154 Å². The number of allylic oxidation sites excluding steroid dienone is 1. The lowest BCUT2D eigenvalue weighted by Crippen LogP contribution is -2.46. The van der Waals surface area contributed by atoms with Gasteiger partial charge in [-0.15, -0.1) is 0 Å². The van der Waals surface area contributed by atoms with E-state index in [-0.39, 0.29) is 11.8 Å². The predicted molar refractivity (Wildman–Crippen MR) is 98.9 cm³/mol. The maximum atomic E-state index is 12.5. The Bertz CT molecular complexity index is 637. The Morgan fingerprint density at radius 3 is 2.81 bits per heavy atom. The summed E-state index contributed by atoms with van der Waals surface area (Å²) in [7, 11) is 0. The molecule has 7 nitrogen and oxygen atoms in total. The summed E-state index contributed by atoms with van der Waals surface area (Å²) >= 11 is 0. The highest BCUT2D eigenvalue weighted by Gasteiger charge is 2.36. The number of hydrogen-bond acceptors (Lipinski definition) is 4. The zero-order chi connectivity index (χ0) is 18.9. The van der Waals surface area contributed by atoms with E-state index in [9.17, 15) is 14.4 Å². The number of aliphatic imine (C=N–C) groups is 1. The minimum Gasteiger partial charge on any atom is -0.382 e. The first-order valence-corrected chi connectivity index (χ1v) is 9.28. The van der Waals surface area contributed by atoms with Crippen molar-refractivity contribution in [3.63, 3.8) is 0 Å². The second-order valence-corrected chi connectivity index (χ2v) is 6.26. The summed E-state index contributed by atoms with van der Waals surface area (Å²) in [5.41, 5.74) is 0.741. The molecule has 4 amide bonds. The van der Waals surface area contributed by atoms with Crippen LogP contribution in [0.5, 0.6) is 0 Å². The standard InChI is InChI=1S/C19H27N3O4/c1-3-5-6-11-22-18(24)15-9-8-14(13-16(15)21-19(22)25)17(23)20-10-7-12-26-4-2/h8-9,13,15H,3-7,10-12H2,1-2H3,(H,20,23). The van der Waals surface area contributed by atoms with Crippen LogP contribution >= 0.6 is 0 Å². The van der Waals surface area contributed by atoms with Crippen molar-refractivity contribution in [2.24, 2.45) is 10.9 Å². The topological polar surface area (TPSA) is 88.1 Å². The van der Waals surface area contributed by atoms with Crippen LogP contribution in [0.25, 0.3) is 0 Å². The van der Waals surface area contributed by atoms with Crippen LogP contribution in [0.15, 0.2) is 28.8 Å². The average molecular weight is 361 g/mol. The van der Waals surface area contributed by atoms with Crippen LogP contribution in [-0.2, 0) is 14.3 Å². The summed E-state index contributed by atoms with van der Waals surface area (Å²) < 4.78 is 5.22. The molecule has 0 fully saturated rings. The molecule has 0 bridgehead atoms. The third-order valence-electron chi connectivity index (χ3n) is 4.28. The van der Waals surface area contributed by atoms with Crippen molar-refractivity contribution in [3.8, 4) is 0 Å². The third-order valence-corrected chi connectivity index (χ3v) is 4.28. The first-order valence-electron chi connectivity index (χ1n) is 9.28. The number of rotatable bonds is 10.